The van der Waals surface area contributed by atoms with E-state index in [4.69, 9.17) is 5.11 Å². The van der Waals surface area contributed by atoms with Crippen molar-refractivity contribution in [2.24, 2.45) is 5.92 Å². The van der Waals surface area contributed by atoms with E-state index in [1.165, 1.54) is 0 Å². The highest BCUT2D eigenvalue weighted by Gasteiger charge is 2.37. The first kappa shape index (κ1) is 11.6. The number of benzene rings is 1. The van der Waals surface area contributed by atoms with Crippen molar-refractivity contribution in [3.05, 3.63) is 29.3 Å². The molecule has 1 aliphatic heterocycles. The molecule has 1 saturated heterocycles. The van der Waals surface area contributed by atoms with E-state index in [-0.39, 0.29) is 5.91 Å². The van der Waals surface area contributed by atoms with Gasteiger partial charge in [0.05, 0.1) is 0 Å². The number of rotatable bonds is 2. The van der Waals surface area contributed by atoms with Gasteiger partial charge in [0.1, 0.15) is 5.92 Å². The highest BCUT2D eigenvalue weighted by atomic mass is 16.4. The number of carboxylic acid groups (broad SMARTS) is 1. The normalized spacial score (nSPS) is 19.8. The molecule has 1 unspecified atom stereocenters. The Balaban J connectivity index is 2.30. The summed E-state index contributed by atoms with van der Waals surface area (Å²) >= 11 is 0. The lowest BCUT2D eigenvalue weighted by atomic mass is 10.1. The Hall–Kier alpha value is -1.84. The van der Waals surface area contributed by atoms with Crippen LogP contribution in [-0.4, -0.2) is 23.5 Å². The summed E-state index contributed by atoms with van der Waals surface area (Å²) in [5.41, 5.74) is 2.96. The van der Waals surface area contributed by atoms with Crippen LogP contribution in [0.5, 0.6) is 0 Å². The molecule has 90 valence electrons. The minimum atomic E-state index is -1.03. The number of nitrogens with zero attached hydrogens (tertiary/aromatic N) is 1. The number of carbonyl (C=O) groups excluding carboxylic acids is 1. The number of carbonyl (C=O) groups is 2. The highest BCUT2D eigenvalue weighted by Crippen LogP contribution is 2.28. The molecule has 1 aromatic carbocycles. The maximum absolute atomic E-state index is 11.9. The molecule has 1 heterocycles. The van der Waals surface area contributed by atoms with Crippen molar-refractivity contribution in [3.8, 4) is 0 Å². The second kappa shape index (κ2) is 4.20. The summed E-state index contributed by atoms with van der Waals surface area (Å²) in [6.45, 7) is 4.41. The third kappa shape index (κ3) is 2.02. The highest BCUT2D eigenvalue weighted by molar-refractivity contribution is 6.08. The van der Waals surface area contributed by atoms with E-state index in [9.17, 15) is 9.59 Å². The summed E-state index contributed by atoms with van der Waals surface area (Å²) in [7, 11) is 0. The number of aliphatic carboxylic acids is 1. The van der Waals surface area contributed by atoms with Crippen LogP contribution in [0.2, 0.25) is 0 Å². The van der Waals surface area contributed by atoms with Crippen LogP contribution in [0.3, 0.4) is 0 Å². The Morgan fingerprint density at radius 1 is 1.41 bits per heavy atom. The van der Waals surface area contributed by atoms with Crippen molar-refractivity contribution in [3.63, 3.8) is 0 Å². The second-order valence-electron chi connectivity index (χ2n) is 4.46. The maximum atomic E-state index is 11.9. The van der Waals surface area contributed by atoms with Crippen LogP contribution in [0.1, 0.15) is 17.5 Å². The summed E-state index contributed by atoms with van der Waals surface area (Å²) < 4.78 is 0. The average molecular weight is 233 g/mol. The van der Waals surface area contributed by atoms with Crippen molar-refractivity contribution in [1.29, 1.82) is 0 Å². The topological polar surface area (TPSA) is 57.6 Å². The smallest absolute Gasteiger partial charge is 0.316 e. The van der Waals surface area contributed by atoms with Gasteiger partial charge in [-0.2, -0.15) is 0 Å². The molecule has 0 spiro atoms. The van der Waals surface area contributed by atoms with Gasteiger partial charge in [0, 0.05) is 12.2 Å². The molecule has 0 radical (unpaired) electrons. The molecule has 0 bridgehead atoms. The first-order valence-corrected chi connectivity index (χ1v) is 5.62. The minimum Gasteiger partial charge on any atom is -0.481 e. The van der Waals surface area contributed by atoms with Crippen LogP contribution < -0.4 is 4.90 Å². The Morgan fingerprint density at radius 3 is 2.65 bits per heavy atom. The lowest BCUT2D eigenvalue weighted by molar-refractivity contribution is -0.144. The monoisotopic (exact) mass is 233 g/mol. The fourth-order valence-electron chi connectivity index (χ4n) is 2.26. The molecule has 1 atom stereocenters. The molecule has 17 heavy (non-hydrogen) atoms. The van der Waals surface area contributed by atoms with E-state index >= 15 is 0 Å². The van der Waals surface area contributed by atoms with Gasteiger partial charge in [-0.25, -0.2) is 0 Å². The molecule has 0 saturated carbocycles. The fraction of sp³-hybridized carbons (Fsp3) is 0.385. The van der Waals surface area contributed by atoms with Crippen LogP contribution in [0.15, 0.2) is 18.2 Å². The van der Waals surface area contributed by atoms with Gasteiger partial charge in [-0.1, -0.05) is 17.7 Å². The molecule has 1 fully saturated rings. The van der Waals surface area contributed by atoms with Gasteiger partial charge < -0.3 is 10.0 Å². The Morgan fingerprint density at radius 2 is 2.12 bits per heavy atom. The van der Waals surface area contributed by atoms with E-state index in [0.29, 0.717) is 13.0 Å². The molecule has 4 nitrogen and oxygen atoms in total. The van der Waals surface area contributed by atoms with E-state index in [1.54, 1.807) is 4.90 Å². The molecule has 4 heteroatoms. The summed E-state index contributed by atoms with van der Waals surface area (Å²) in [4.78, 5) is 24.4. The van der Waals surface area contributed by atoms with E-state index in [2.05, 4.69) is 0 Å². The predicted octanol–water partition coefficient (Wildman–Crippen LogP) is 1.74. The Bertz CT molecular complexity index is 482. The van der Waals surface area contributed by atoms with Crippen LogP contribution in [0.4, 0.5) is 5.69 Å². The number of anilines is 1. The van der Waals surface area contributed by atoms with Crippen LogP contribution in [-0.2, 0) is 9.59 Å². The molecule has 0 aliphatic carbocycles. The van der Waals surface area contributed by atoms with E-state index in [0.717, 1.165) is 16.8 Å². The van der Waals surface area contributed by atoms with Gasteiger partial charge in [-0.05, 0) is 31.9 Å². The van der Waals surface area contributed by atoms with Gasteiger partial charge >= 0.3 is 5.97 Å². The molecule has 1 N–H and O–H groups in total. The van der Waals surface area contributed by atoms with Gasteiger partial charge in [-0.15, -0.1) is 0 Å². The molecule has 0 aromatic heterocycles. The first-order valence-electron chi connectivity index (χ1n) is 5.62. The number of amides is 1. The number of hydrogen-bond acceptors (Lipinski definition) is 2. The zero-order valence-electron chi connectivity index (χ0n) is 9.93. The maximum Gasteiger partial charge on any atom is 0.316 e. The fourth-order valence-corrected chi connectivity index (χ4v) is 2.26. The number of aryl methyl sites for hydroxylation is 2. The molecule has 1 aromatic rings. The average Bonchev–Trinajstić information content (AvgIpc) is 2.60. The lowest BCUT2D eigenvalue weighted by Gasteiger charge is -2.19. The van der Waals surface area contributed by atoms with Crippen molar-refractivity contribution < 1.29 is 14.7 Å². The SMILES string of the molecule is Cc1ccc(N2CCC(C(=O)O)C2=O)c(C)c1. The third-order valence-electron chi connectivity index (χ3n) is 3.15. The Labute approximate surface area is 99.9 Å². The minimum absolute atomic E-state index is 0.301. The standard InChI is InChI=1S/C13H15NO3/c1-8-3-4-11(9(2)7-8)14-6-5-10(12(14)15)13(16)17/h3-4,7,10H,5-6H2,1-2H3,(H,16,17). The van der Waals surface area contributed by atoms with E-state index in [1.807, 2.05) is 32.0 Å². The van der Waals surface area contributed by atoms with Crippen LogP contribution in [0.25, 0.3) is 0 Å². The van der Waals surface area contributed by atoms with Gasteiger partial charge in [0.15, 0.2) is 0 Å². The molecule has 2 rings (SSSR count). The molecular weight excluding hydrogens is 218 g/mol. The molecule has 1 aliphatic rings. The summed E-state index contributed by atoms with van der Waals surface area (Å²) in [5.74, 6) is -2.21. The number of hydrogen-bond donors (Lipinski definition) is 1. The summed E-state index contributed by atoms with van der Waals surface area (Å²) in [5, 5.41) is 8.91. The van der Waals surface area contributed by atoms with Crippen molar-refractivity contribution in [1.82, 2.24) is 0 Å². The number of carboxylic acids is 1. The Kier molecular flexibility index (Phi) is 2.88. The van der Waals surface area contributed by atoms with Crippen molar-refractivity contribution in [2.75, 3.05) is 11.4 Å². The van der Waals surface area contributed by atoms with Crippen molar-refractivity contribution in [2.45, 2.75) is 20.3 Å². The molecule has 1 amide bonds. The third-order valence-corrected chi connectivity index (χ3v) is 3.15. The van der Waals surface area contributed by atoms with Crippen molar-refractivity contribution >= 4 is 17.6 Å². The largest absolute Gasteiger partial charge is 0.481 e. The van der Waals surface area contributed by atoms with E-state index < -0.39 is 11.9 Å². The van der Waals surface area contributed by atoms with Gasteiger partial charge in [-0.3, -0.25) is 9.59 Å². The quantitative estimate of drug-likeness (QED) is 0.791. The predicted molar refractivity (Wildman–Crippen MR) is 64.0 cm³/mol. The zero-order valence-corrected chi connectivity index (χ0v) is 9.93. The zero-order chi connectivity index (χ0) is 12.6. The summed E-state index contributed by atoms with van der Waals surface area (Å²) in [6.07, 6.45) is 0.390. The van der Waals surface area contributed by atoms with Gasteiger partial charge in [0.2, 0.25) is 5.91 Å². The molecular formula is C13H15NO3. The summed E-state index contributed by atoms with van der Waals surface area (Å²) in [6, 6.07) is 5.81. The van der Waals surface area contributed by atoms with Crippen LogP contribution in [0, 0.1) is 19.8 Å². The lowest BCUT2D eigenvalue weighted by Crippen LogP contribution is -2.30. The first-order chi connectivity index (χ1) is 8.00. The van der Waals surface area contributed by atoms with Crippen LogP contribution >= 0.6 is 0 Å². The second-order valence-corrected chi connectivity index (χ2v) is 4.46. The van der Waals surface area contributed by atoms with Gasteiger partial charge in [0.25, 0.3) is 0 Å².